The summed E-state index contributed by atoms with van der Waals surface area (Å²) in [4.78, 5) is 2.45. The Morgan fingerprint density at radius 2 is 2.05 bits per heavy atom. The molecule has 110 valence electrons. The lowest BCUT2D eigenvalue weighted by molar-refractivity contribution is 0.228. The van der Waals surface area contributed by atoms with Gasteiger partial charge in [0, 0.05) is 35.8 Å². The summed E-state index contributed by atoms with van der Waals surface area (Å²) in [7, 11) is 0. The number of benzene rings is 1. The molecule has 3 rings (SSSR count). The molecule has 2 fully saturated rings. The first-order valence-corrected chi connectivity index (χ1v) is 8.03. The Labute approximate surface area is 129 Å². The number of phenols is 1. The predicted octanol–water partition coefficient (Wildman–Crippen LogP) is 3.42. The molecule has 0 spiro atoms. The van der Waals surface area contributed by atoms with Gasteiger partial charge in [0.1, 0.15) is 5.75 Å². The first kappa shape index (κ1) is 14.5. The summed E-state index contributed by atoms with van der Waals surface area (Å²) in [6.07, 6.45) is 5.01. The van der Waals surface area contributed by atoms with Crippen molar-refractivity contribution < 1.29 is 5.11 Å². The van der Waals surface area contributed by atoms with Gasteiger partial charge in [-0.25, -0.2) is 0 Å². The minimum Gasteiger partial charge on any atom is -0.506 e. The van der Waals surface area contributed by atoms with Crippen LogP contribution in [-0.4, -0.2) is 35.2 Å². The molecule has 1 aliphatic carbocycles. The lowest BCUT2D eigenvalue weighted by atomic mass is 10.1. The zero-order chi connectivity index (χ0) is 14.1. The fourth-order valence-electron chi connectivity index (χ4n) is 2.94. The Morgan fingerprint density at radius 1 is 1.25 bits per heavy atom. The molecule has 0 amide bonds. The minimum atomic E-state index is 0.168. The van der Waals surface area contributed by atoms with Gasteiger partial charge in [0.2, 0.25) is 0 Å². The summed E-state index contributed by atoms with van der Waals surface area (Å²) in [5.41, 5.74) is 0.826. The first-order chi connectivity index (χ1) is 9.63. The number of hydrogen-bond acceptors (Lipinski definition) is 3. The van der Waals surface area contributed by atoms with E-state index < -0.39 is 0 Å². The Bertz CT molecular complexity index is 485. The van der Waals surface area contributed by atoms with Crippen molar-refractivity contribution in [3.63, 3.8) is 0 Å². The molecule has 0 bridgehead atoms. The second kappa shape index (κ2) is 6.10. The zero-order valence-corrected chi connectivity index (χ0v) is 12.9. The highest BCUT2D eigenvalue weighted by Gasteiger charge is 2.31. The largest absolute Gasteiger partial charge is 0.506 e. The van der Waals surface area contributed by atoms with E-state index in [4.69, 9.17) is 23.2 Å². The van der Waals surface area contributed by atoms with Crippen LogP contribution in [0.5, 0.6) is 5.75 Å². The number of aromatic hydroxyl groups is 1. The number of hydrogen-bond donors (Lipinski definition) is 2. The van der Waals surface area contributed by atoms with E-state index in [9.17, 15) is 5.11 Å². The van der Waals surface area contributed by atoms with Crippen molar-refractivity contribution in [1.29, 1.82) is 0 Å². The van der Waals surface area contributed by atoms with Crippen molar-refractivity contribution in [1.82, 2.24) is 10.2 Å². The van der Waals surface area contributed by atoms with E-state index in [1.54, 1.807) is 6.07 Å². The lowest BCUT2D eigenvalue weighted by Gasteiger charge is -2.26. The van der Waals surface area contributed by atoms with Gasteiger partial charge in [-0.05, 0) is 44.4 Å². The Balaban J connectivity index is 1.72. The van der Waals surface area contributed by atoms with Gasteiger partial charge in [0.15, 0.2) is 0 Å². The second-order valence-corrected chi connectivity index (χ2v) is 6.69. The van der Waals surface area contributed by atoms with E-state index in [1.807, 2.05) is 6.07 Å². The summed E-state index contributed by atoms with van der Waals surface area (Å²) >= 11 is 12.0. The summed E-state index contributed by atoms with van der Waals surface area (Å²) in [6, 6.07) is 4.63. The first-order valence-electron chi connectivity index (χ1n) is 7.28. The summed E-state index contributed by atoms with van der Waals surface area (Å²) in [5.74, 6) is 0.168. The normalized spacial score (nSPS) is 22.6. The van der Waals surface area contributed by atoms with Crippen LogP contribution in [0.1, 0.15) is 31.2 Å². The molecule has 1 aliphatic heterocycles. The average molecular weight is 315 g/mol. The molecule has 1 heterocycles. The van der Waals surface area contributed by atoms with Crippen molar-refractivity contribution >= 4 is 23.2 Å². The van der Waals surface area contributed by atoms with Crippen LogP contribution >= 0.6 is 23.2 Å². The van der Waals surface area contributed by atoms with E-state index in [1.165, 1.54) is 25.7 Å². The highest BCUT2D eigenvalue weighted by molar-refractivity contribution is 6.35. The van der Waals surface area contributed by atoms with Crippen LogP contribution in [0.15, 0.2) is 12.1 Å². The highest BCUT2D eigenvalue weighted by Crippen LogP contribution is 2.35. The summed E-state index contributed by atoms with van der Waals surface area (Å²) in [6.45, 7) is 2.88. The van der Waals surface area contributed by atoms with Gasteiger partial charge in [-0.1, -0.05) is 23.2 Å². The number of rotatable bonds is 5. The van der Waals surface area contributed by atoms with Gasteiger partial charge in [-0.15, -0.1) is 0 Å². The Hall–Kier alpha value is -0.480. The molecule has 1 atom stereocenters. The van der Waals surface area contributed by atoms with Gasteiger partial charge < -0.3 is 10.4 Å². The quantitative estimate of drug-likeness (QED) is 0.874. The van der Waals surface area contributed by atoms with E-state index in [0.717, 1.165) is 25.2 Å². The maximum Gasteiger partial charge on any atom is 0.138 e. The van der Waals surface area contributed by atoms with Crippen LogP contribution in [0.2, 0.25) is 10.0 Å². The second-order valence-electron chi connectivity index (χ2n) is 5.85. The molecule has 0 radical (unpaired) electrons. The minimum absolute atomic E-state index is 0.168. The van der Waals surface area contributed by atoms with Crippen molar-refractivity contribution in [2.75, 3.05) is 13.1 Å². The molecule has 3 nitrogen and oxygen atoms in total. The van der Waals surface area contributed by atoms with Crippen LogP contribution in [0, 0.1) is 0 Å². The number of nitrogens with zero attached hydrogens (tertiary/aromatic N) is 1. The standard InChI is InChI=1S/C15H20Cl2N2O/c16-11-6-10(15(20)14(17)7-11)8-19(13-3-4-13)9-12-2-1-5-18-12/h6-7,12-13,18,20H,1-5,8-9H2. The van der Waals surface area contributed by atoms with Gasteiger partial charge >= 0.3 is 0 Å². The van der Waals surface area contributed by atoms with Gasteiger partial charge in [0.05, 0.1) is 5.02 Å². The van der Waals surface area contributed by atoms with Crippen LogP contribution in [0.4, 0.5) is 0 Å². The van der Waals surface area contributed by atoms with Crippen LogP contribution in [0.25, 0.3) is 0 Å². The van der Waals surface area contributed by atoms with Gasteiger partial charge in [0.25, 0.3) is 0 Å². The molecule has 1 saturated carbocycles. The third-order valence-corrected chi connectivity index (χ3v) is 4.67. The van der Waals surface area contributed by atoms with Crippen LogP contribution < -0.4 is 5.32 Å². The van der Waals surface area contributed by atoms with Gasteiger partial charge in [-0.2, -0.15) is 0 Å². The van der Waals surface area contributed by atoms with Crippen molar-refractivity contribution in [3.8, 4) is 5.75 Å². The smallest absolute Gasteiger partial charge is 0.138 e. The predicted molar refractivity (Wildman–Crippen MR) is 82.6 cm³/mol. The van der Waals surface area contributed by atoms with Crippen molar-refractivity contribution in [2.45, 2.75) is 44.3 Å². The van der Waals surface area contributed by atoms with Crippen LogP contribution in [-0.2, 0) is 6.54 Å². The third kappa shape index (κ3) is 3.40. The lowest BCUT2D eigenvalue weighted by Crippen LogP contribution is -2.38. The maximum atomic E-state index is 10.1. The number of phenolic OH excluding ortho intramolecular Hbond substituents is 1. The molecule has 0 aromatic heterocycles. The van der Waals surface area contributed by atoms with Crippen molar-refractivity contribution in [2.24, 2.45) is 0 Å². The topological polar surface area (TPSA) is 35.5 Å². The molecular formula is C15H20Cl2N2O. The Morgan fingerprint density at radius 3 is 2.70 bits per heavy atom. The average Bonchev–Trinajstić information content (AvgIpc) is 3.13. The molecule has 1 aromatic carbocycles. The summed E-state index contributed by atoms with van der Waals surface area (Å²) in [5, 5.41) is 14.6. The Kier molecular flexibility index (Phi) is 4.41. The molecule has 2 aliphatic rings. The monoisotopic (exact) mass is 314 g/mol. The van der Waals surface area contributed by atoms with E-state index in [-0.39, 0.29) is 5.75 Å². The molecule has 1 unspecified atom stereocenters. The highest BCUT2D eigenvalue weighted by atomic mass is 35.5. The third-order valence-electron chi connectivity index (χ3n) is 4.16. The molecule has 20 heavy (non-hydrogen) atoms. The van der Waals surface area contributed by atoms with E-state index in [2.05, 4.69) is 10.2 Å². The molecule has 5 heteroatoms. The van der Waals surface area contributed by atoms with Gasteiger partial charge in [-0.3, -0.25) is 4.90 Å². The van der Waals surface area contributed by atoms with Crippen LogP contribution in [0.3, 0.4) is 0 Å². The summed E-state index contributed by atoms with van der Waals surface area (Å²) < 4.78 is 0. The molecule has 2 N–H and O–H groups in total. The molecule has 1 saturated heterocycles. The number of halogens is 2. The molecule has 1 aromatic rings. The SMILES string of the molecule is Oc1c(Cl)cc(Cl)cc1CN(CC1CCCN1)C1CC1. The zero-order valence-electron chi connectivity index (χ0n) is 11.4. The van der Waals surface area contributed by atoms with E-state index in [0.29, 0.717) is 22.1 Å². The maximum absolute atomic E-state index is 10.1. The van der Waals surface area contributed by atoms with Crippen molar-refractivity contribution in [3.05, 3.63) is 27.7 Å². The van der Waals surface area contributed by atoms with E-state index >= 15 is 0 Å². The fraction of sp³-hybridized carbons (Fsp3) is 0.600. The number of nitrogens with one attached hydrogen (secondary N) is 1. The fourth-order valence-corrected chi connectivity index (χ4v) is 3.47. The molecular weight excluding hydrogens is 295 g/mol.